The summed E-state index contributed by atoms with van der Waals surface area (Å²) in [6.45, 7) is 7.70. The van der Waals surface area contributed by atoms with Crippen molar-refractivity contribution >= 4 is 0 Å². The molecule has 0 aliphatic rings. The summed E-state index contributed by atoms with van der Waals surface area (Å²) in [6, 6.07) is 4.46. The first-order chi connectivity index (χ1) is 6.74. The van der Waals surface area contributed by atoms with Crippen molar-refractivity contribution in [3.63, 3.8) is 0 Å². The minimum Gasteiger partial charge on any atom is -0.468 e. The standard InChI is InChI=1S/C11H19NO2/c1-4-13-8-9(2)12-10(3)11-6-5-7-14-11/h5-7,9-10,12H,4,8H2,1-3H3/t9?,10-/m0/s1. The molecule has 14 heavy (non-hydrogen) atoms. The molecule has 0 aliphatic carbocycles. The zero-order valence-electron chi connectivity index (χ0n) is 9.12. The third kappa shape index (κ3) is 3.52. The van der Waals surface area contributed by atoms with Crippen molar-refractivity contribution in [1.29, 1.82) is 0 Å². The van der Waals surface area contributed by atoms with E-state index < -0.39 is 0 Å². The Morgan fingerprint density at radius 1 is 1.50 bits per heavy atom. The molecule has 80 valence electrons. The number of nitrogens with one attached hydrogen (secondary N) is 1. The fourth-order valence-electron chi connectivity index (χ4n) is 1.39. The highest BCUT2D eigenvalue weighted by molar-refractivity contribution is 5.03. The van der Waals surface area contributed by atoms with E-state index in [9.17, 15) is 0 Å². The van der Waals surface area contributed by atoms with Crippen LogP contribution in [0.15, 0.2) is 22.8 Å². The Labute approximate surface area is 85.4 Å². The molecule has 0 bridgehead atoms. The van der Waals surface area contributed by atoms with Gasteiger partial charge >= 0.3 is 0 Å². The Bertz CT molecular complexity index is 233. The molecule has 1 heterocycles. The zero-order chi connectivity index (χ0) is 10.4. The molecule has 2 atom stereocenters. The van der Waals surface area contributed by atoms with E-state index in [0.717, 1.165) is 19.0 Å². The van der Waals surface area contributed by atoms with E-state index in [1.165, 1.54) is 0 Å². The third-order valence-electron chi connectivity index (χ3n) is 2.08. The average molecular weight is 197 g/mol. The van der Waals surface area contributed by atoms with Crippen LogP contribution < -0.4 is 5.32 Å². The number of furan rings is 1. The molecule has 0 aromatic carbocycles. The third-order valence-corrected chi connectivity index (χ3v) is 2.08. The van der Waals surface area contributed by atoms with Crippen molar-refractivity contribution in [2.24, 2.45) is 0 Å². The lowest BCUT2D eigenvalue weighted by Gasteiger charge is -2.18. The van der Waals surface area contributed by atoms with Crippen LogP contribution in [-0.2, 0) is 4.74 Å². The highest BCUT2D eigenvalue weighted by atomic mass is 16.5. The second kappa shape index (κ2) is 5.83. The Balaban J connectivity index is 2.29. The summed E-state index contributed by atoms with van der Waals surface area (Å²) < 4.78 is 10.6. The first-order valence-corrected chi connectivity index (χ1v) is 5.11. The van der Waals surface area contributed by atoms with E-state index in [1.54, 1.807) is 6.26 Å². The highest BCUT2D eigenvalue weighted by Gasteiger charge is 2.10. The summed E-state index contributed by atoms with van der Waals surface area (Å²) in [4.78, 5) is 0. The van der Waals surface area contributed by atoms with Crippen LogP contribution in [0.25, 0.3) is 0 Å². The molecule has 0 amide bonds. The summed E-state index contributed by atoms with van der Waals surface area (Å²) >= 11 is 0. The largest absolute Gasteiger partial charge is 0.468 e. The van der Waals surface area contributed by atoms with Gasteiger partial charge in [-0.25, -0.2) is 0 Å². The molecular formula is C11H19NO2. The van der Waals surface area contributed by atoms with Gasteiger partial charge in [0.2, 0.25) is 0 Å². The van der Waals surface area contributed by atoms with Crippen LogP contribution in [0.2, 0.25) is 0 Å². The number of hydrogen-bond acceptors (Lipinski definition) is 3. The topological polar surface area (TPSA) is 34.4 Å². The van der Waals surface area contributed by atoms with Crippen LogP contribution in [-0.4, -0.2) is 19.3 Å². The second-order valence-corrected chi connectivity index (χ2v) is 3.46. The summed E-state index contributed by atoms with van der Waals surface area (Å²) in [6.07, 6.45) is 1.70. The van der Waals surface area contributed by atoms with Gasteiger partial charge in [0.05, 0.1) is 18.9 Å². The Morgan fingerprint density at radius 2 is 2.29 bits per heavy atom. The summed E-state index contributed by atoms with van der Waals surface area (Å²) in [5.74, 6) is 0.966. The first kappa shape index (κ1) is 11.3. The maximum Gasteiger partial charge on any atom is 0.120 e. The molecule has 0 spiro atoms. The van der Waals surface area contributed by atoms with Gasteiger partial charge in [0.25, 0.3) is 0 Å². The van der Waals surface area contributed by atoms with E-state index in [4.69, 9.17) is 9.15 Å². The van der Waals surface area contributed by atoms with Gasteiger partial charge < -0.3 is 14.5 Å². The molecular weight excluding hydrogens is 178 g/mol. The fraction of sp³-hybridized carbons (Fsp3) is 0.636. The van der Waals surface area contributed by atoms with Crippen molar-refractivity contribution in [1.82, 2.24) is 5.32 Å². The molecule has 0 saturated heterocycles. The minimum atomic E-state index is 0.237. The van der Waals surface area contributed by atoms with E-state index >= 15 is 0 Å². The van der Waals surface area contributed by atoms with E-state index in [2.05, 4.69) is 19.2 Å². The lowest BCUT2D eigenvalue weighted by Crippen LogP contribution is -2.32. The van der Waals surface area contributed by atoms with Gasteiger partial charge in [-0.1, -0.05) is 0 Å². The van der Waals surface area contributed by atoms with Gasteiger partial charge in [-0.3, -0.25) is 0 Å². The van der Waals surface area contributed by atoms with Gasteiger partial charge in [0.15, 0.2) is 0 Å². The number of rotatable bonds is 6. The number of ether oxygens (including phenoxy) is 1. The van der Waals surface area contributed by atoms with Crippen LogP contribution in [0.4, 0.5) is 0 Å². The molecule has 1 aromatic rings. The first-order valence-electron chi connectivity index (χ1n) is 5.11. The highest BCUT2D eigenvalue weighted by Crippen LogP contribution is 2.12. The van der Waals surface area contributed by atoms with Crippen LogP contribution in [0.1, 0.15) is 32.6 Å². The van der Waals surface area contributed by atoms with Crippen molar-refractivity contribution < 1.29 is 9.15 Å². The van der Waals surface area contributed by atoms with Gasteiger partial charge in [-0.15, -0.1) is 0 Å². The van der Waals surface area contributed by atoms with Gasteiger partial charge in [0.1, 0.15) is 5.76 Å². The summed E-state index contributed by atoms with van der Waals surface area (Å²) in [5.41, 5.74) is 0. The molecule has 1 rings (SSSR count). The number of hydrogen-bond donors (Lipinski definition) is 1. The molecule has 0 radical (unpaired) electrons. The quantitative estimate of drug-likeness (QED) is 0.760. The average Bonchev–Trinajstić information content (AvgIpc) is 2.67. The van der Waals surface area contributed by atoms with E-state index in [-0.39, 0.29) is 6.04 Å². The second-order valence-electron chi connectivity index (χ2n) is 3.46. The monoisotopic (exact) mass is 197 g/mol. The predicted molar refractivity (Wildman–Crippen MR) is 56.2 cm³/mol. The lowest BCUT2D eigenvalue weighted by molar-refractivity contribution is 0.123. The normalized spacial score (nSPS) is 15.4. The van der Waals surface area contributed by atoms with Crippen molar-refractivity contribution in [3.8, 4) is 0 Å². The summed E-state index contributed by atoms with van der Waals surface area (Å²) in [5, 5.41) is 3.40. The molecule has 3 nitrogen and oxygen atoms in total. The van der Waals surface area contributed by atoms with Crippen LogP contribution in [0.5, 0.6) is 0 Å². The van der Waals surface area contributed by atoms with E-state index in [0.29, 0.717) is 6.04 Å². The maximum absolute atomic E-state index is 5.32. The molecule has 1 N–H and O–H groups in total. The van der Waals surface area contributed by atoms with Crippen molar-refractivity contribution in [3.05, 3.63) is 24.2 Å². The van der Waals surface area contributed by atoms with Gasteiger partial charge in [0, 0.05) is 12.6 Å². The fourth-order valence-corrected chi connectivity index (χ4v) is 1.39. The Morgan fingerprint density at radius 3 is 2.86 bits per heavy atom. The molecule has 3 heteroatoms. The molecule has 0 saturated carbocycles. The summed E-state index contributed by atoms with van der Waals surface area (Å²) in [7, 11) is 0. The predicted octanol–water partition coefficient (Wildman–Crippen LogP) is 2.36. The van der Waals surface area contributed by atoms with E-state index in [1.807, 2.05) is 19.1 Å². The van der Waals surface area contributed by atoms with Gasteiger partial charge in [-0.05, 0) is 32.9 Å². The smallest absolute Gasteiger partial charge is 0.120 e. The van der Waals surface area contributed by atoms with Crippen molar-refractivity contribution in [2.45, 2.75) is 32.9 Å². The Kier molecular flexibility index (Phi) is 4.70. The maximum atomic E-state index is 5.32. The van der Waals surface area contributed by atoms with Gasteiger partial charge in [-0.2, -0.15) is 0 Å². The lowest BCUT2D eigenvalue weighted by atomic mass is 10.2. The molecule has 1 unspecified atom stereocenters. The van der Waals surface area contributed by atoms with Crippen molar-refractivity contribution in [2.75, 3.05) is 13.2 Å². The Hall–Kier alpha value is -0.800. The van der Waals surface area contributed by atoms with Crippen LogP contribution >= 0.6 is 0 Å². The van der Waals surface area contributed by atoms with Crippen LogP contribution in [0, 0.1) is 0 Å². The molecule has 1 aromatic heterocycles. The SMILES string of the molecule is CCOCC(C)N[C@@H](C)c1ccco1. The molecule has 0 fully saturated rings. The molecule has 0 aliphatic heterocycles. The van der Waals surface area contributed by atoms with Crippen LogP contribution in [0.3, 0.4) is 0 Å². The zero-order valence-corrected chi connectivity index (χ0v) is 9.12. The minimum absolute atomic E-state index is 0.237.